The molecule has 0 bridgehead atoms. The largest absolute Gasteiger partial charge is 0.490 e. The average molecular weight is 363 g/mol. The maximum Gasteiger partial charge on any atom is 0.240 e. The second-order valence-electron chi connectivity index (χ2n) is 5.47. The van der Waals surface area contributed by atoms with E-state index < -0.39 is 10.0 Å². The number of benzene rings is 2. The van der Waals surface area contributed by atoms with Gasteiger partial charge in [0.15, 0.2) is 11.5 Å². The summed E-state index contributed by atoms with van der Waals surface area (Å²) in [5.41, 5.74) is 1.91. The molecule has 0 spiro atoms. The van der Waals surface area contributed by atoms with Crippen LogP contribution >= 0.6 is 0 Å². The maximum absolute atomic E-state index is 12.4. The molecule has 2 aromatic carbocycles. The van der Waals surface area contributed by atoms with Gasteiger partial charge in [0, 0.05) is 6.54 Å². The summed E-state index contributed by atoms with van der Waals surface area (Å²) >= 11 is 0. The number of aryl methyl sites for hydroxylation is 1. The molecular formula is C19H25NO4S. The summed E-state index contributed by atoms with van der Waals surface area (Å²) in [7, 11) is -3.55. The number of ether oxygens (including phenoxy) is 2. The molecule has 0 atom stereocenters. The standard InChI is InChI=1S/C19H25NO4S/c1-4-15-7-10-17(11-8-15)25(21,22)20-14-16-9-12-18(23-5-2)19(13-16)24-6-3/h7-13,20H,4-6,14H2,1-3H3. The minimum atomic E-state index is -3.55. The SMILES string of the molecule is CCOc1ccc(CNS(=O)(=O)c2ccc(CC)cc2)cc1OCC. The minimum absolute atomic E-state index is 0.185. The molecule has 0 aliphatic carbocycles. The van der Waals surface area contributed by atoms with Crippen molar-refractivity contribution in [3.8, 4) is 11.5 Å². The summed E-state index contributed by atoms with van der Waals surface area (Å²) in [5.74, 6) is 1.28. The third-order valence-electron chi connectivity index (χ3n) is 3.72. The van der Waals surface area contributed by atoms with E-state index in [-0.39, 0.29) is 11.4 Å². The van der Waals surface area contributed by atoms with Gasteiger partial charge in [0.2, 0.25) is 10.0 Å². The van der Waals surface area contributed by atoms with Crippen LogP contribution < -0.4 is 14.2 Å². The van der Waals surface area contributed by atoms with Gasteiger partial charge in [0.25, 0.3) is 0 Å². The Labute approximate surface area is 150 Å². The first-order chi connectivity index (χ1) is 12.0. The maximum atomic E-state index is 12.4. The van der Waals surface area contributed by atoms with Crippen molar-refractivity contribution in [3.63, 3.8) is 0 Å². The van der Waals surface area contributed by atoms with Gasteiger partial charge < -0.3 is 9.47 Å². The molecule has 136 valence electrons. The van der Waals surface area contributed by atoms with Crippen LogP contribution in [0.5, 0.6) is 11.5 Å². The third-order valence-corrected chi connectivity index (χ3v) is 5.13. The van der Waals surface area contributed by atoms with E-state index in [1.165, 1.54) is 0 Å². The Morgan fingerprint density at radius 1 is 0.840 bits per heavy atom. The molecule has 2 aromatic rings. The van der Waals surface area contributed by atoms with Crippen LogP contribution in [0.25, 0.3) is 0 Å². The van der Waals surface area contributed by atoms with Crippen molar-refractivity contribution < 1.29 is 17.9 Å². The summed E-state index contributed by atoms with van der Waals surface area (Å²) in [6.45, 7) is 7.07. The number of hydrogen-bond acceptors (Lipinski definition) is 4. The molecule has 0 aliphatic rings. The lowest BCUT2D eigenvalue weighted by Gasteiger charge is -2.13. The van der Waals surface area contributed by atoms with E-state index in [0.717, 1.165) is 17.5 Å². The number of hydrogen-bond donors (Lipinski definition) is 1. The average Bonchev–Trinajstić information content (AvgIpc) is 2.62. The molecule has 0 fully saturated rings. The fraction of sp³-hybridized carbons (Fsp3) is 0.368. The van der Waals surface area contributed by atoms with Gasteiger partial charge in [0.05, 0.1) is 18.1 Å². The Kier molecular flexibility index (Phi) is 6.84. The van der Waals surface area contributed by atoms with Gasteiger partial charge in [-0.05, 0) is 55.7 Å². The molecule has 0 heterocycles. The molecule has 2 rings (SSSR count). The molecule has 0 aromatic heterocycles. The topological polar surface area (TPSA) is 64.6 Å². The van der Waals surface area contributed by atoms with Crippen LogP contribution in [0.15, 0.2) is 47.4 Å². The van der Waals surface area contributed by atoms with Crippen molar-refractivity contribution in [1.29, 1.82) is 0 Å². The van der Waals surface area contributed by atoms with Crippen LogP contribution in [0.4, 0.5) is 0 Å². The molecule has 0 radical (unpaired) electrons. The first kappa shape index (κ1) is 19.3. The zero-order valence-electron chi connectivity index (χ0n) is 14.9. The monoisotopic (exact) mass is 363 g/mol. The van der Waals surface area contributed by atoms with E-state index in [2.05, 4.69) is 4.72 Å². The summed E-state index contributed by atoms with van der Waals surface area (Å²) in [6, 6.07) is 12.4. The molecule has 0 unspecified atom stereocenters. The van der Waals surface area contributed by atoms with Crippen LogP contribution in [0.2, 0.25) is 0 Å². The van der Waals surface area contributed by atoms with Crippen LogP contribution in [-0.4, -0.2) is 21.6 Å². The summed E-state index contributed by atoms with van der Waals surface area (Å²) in [4.78, 5) is 0.265. The van der Waals surface area contributed by atoms with Crippen molar-refractivity contribution in [2.45, 2.75) is 38.6 Å². The highest BCUT2D eigenvalue weighted by atomic mass is 32.2. The number of sulfonamides is 1. The first-order valence-electron chi connectivity index (χ1n) is 8.47. The Morgan fingerprint density at radius 3 is 2.04 bits per heavy atom. The van der Waals surface area contributed by atoms with Crippen molar-refractivity contribution in [1.82, 2.24) is 4.72 Å². The predicted octanol–water partition coefficient (Wildman–Crippen LogP) is 3.52. The zero-order valence-corrected chi connectivity index (χ0v) is 15.7. The van der Waals surface area contributed by atoms with E-state index in [1.54, 1.807) is 24.3 Å². The lowest BCUT2D eigenvalue weighted by atomic mass is 10.2. The lowest BCUT2D eigenvalue weighted by Crippen LogP contribution is -2.23. The van der Waals surface area contributed by atoms with E-state index in [1.807, 2.05) is 39.0 Å². The fourth-order valence-electron chi connectivity index (χ4n) is 2.37. The normalized spacial score (nSPS) is 11.3. The van der Waals surface area contributed by atoms with Crippen molar-refractivity contribution in [2.24, 2.45) is 0 Å². The van der Waals surface area contributed by atoms with E-state index in [4.69, 9.17) is 9.47 Å². The van der Waals surface area contributed by atoms with Crippen molar-refractivity contribution in [3.05, 3.63) is 53.6 Å². The van der Waals surface area contributed by atoms with Crippen LogP contribution in [0.1, 0.15) is 31.9 Å². The number of nitrogens with one attached hydrogen (secondary N) is 1. The molecule has 6 heteroatoms. The summed E-state index contributed by atoms with van der Waals surface area (Å²) < 4.78 is 38.5. The minimum Gasteiger partial charge on any atom is -0.490 e. The molecule has 1 N–H and O–H groups in total. The predicted molar refractivity (Wildman–Crippen MR) is 98.6 cm³/mol. The molecule has 0 amide bonds. The summed E-state index contributed by atoms with van der Waals surface area (Å²) in [5, 5.41) is 0. The molecule has 0 aliphatic heterocycles. The zero-order chi connectivity index (χ0) is 18.3. The molecule has 25 heavy (non-hydrogen) atoms. The van der Waals surface area contributed by atoms with Gasteiger partial charge in [-0.1, -0.05) is 25.1 Å². The lowest BCUT2D eigenvalue weighted by molar-refractivity contribution is 0.287. The van der Waals surface area contributed by atoms with Gasteiger partial charge in [-0.15, -0.1) is 0 Å². The highest BCUT2D eigenvalue weighted by Gasteiger charge is 2.14. The summed E-state index contributed by atoms with van der Waals surface area (Å²) in [6.07, 6.45) is 0.875. The van der Waals surface area contributed by atoms with Gasteiger partial charge >= 0.3 is 0 Å². The number of rotatable bonds is 9. The van der Waals surface area contributed by atoms with E-state index in [9.17, 15) is 8.42 Å². The third kappa shape index (κ3) is 5.21. The molecule has 0 saturated heterocycles. The van der Waals surface area contributed by atoms with Gasteiger partial charge in [-0.25, -0.2) is 13.1 Å². The van der Waals surface area contributed by atoms with Crippen molar-refractivity contribution in [2.75, 3.05) is 13.2 Å². The first-order valence-corrected chi connectivity index (χ1v) is 9.95. The molecule has 5 nitrogen and oxygen atoms in total. The van der Waals surface area contributed by atoms with Gasteiger partial charge in [-0.2, -0.15) is 0 Å². The van der Waals surface area contributed by atoms with E-state index in [0.29, 0.717) is 24.7 Å². The second kappa shape index (κ2) is 8.87. The second-order valence-corrected chi connectivity index (χ2v) is 7.24. The van der Waals surface area contributed by atoms with Gasteiger partial charge in [0.1, 0.15) is 0 Å². The van der Waals surface area contributed by atoms with Crippen LogP contribution in [0.3, 0.4) is 0 Å². The smallest absolute Gasteiger partial charge is 0.240 e. The van der Waals surface area contributed by atoms with Crippen molar-refractivity contribution >= 4 is 10.0 Å². The van der Waals surface area contributed by atoms with Crippen LogP contribution in [0, 0.1) is 0 Å². The highest BCUT2D eigenvalue weighted by Crippen LogP contribution is 2.28. The van der Waals surface area contributed by atoms with E-state index >= 15 is 0 Å². The Bertz CT molecular complexity index is 786. The molecule has 0 saturated carbocycles. The Morgan fingerprint density at radius 2 is 1.44 bits per heavy atom. The highest BCUT2D eigenvalue weighted by molar-refractivity contribution is 7.89. The quantitative estimate of drug-likeness (QED) is 0.740. The Balaban J connectivity index is 2.12. The fourth-order valence-corrected chi connectivity index (χ4v) is 3.39. The molecular weight excluding hydrogens is 338 g/mol. The van der Waals surface area contributed by atoms with Crippen LogP contribution in [-0.2, 0) is 23.0 Å². The van der Waals surface area contributed by atoms with Gasteiger partial charge in [-0.3, -0.25) is 0 Å². The Hall–Kier alpha value is -2.05.